The Morgan fingerprint density at radius 1 is 1.11 bits per heavy atom. The summed E-state index contributed by atoms with van der Waals surface area (Å²) in [7, 11) is 3.21. The number of benzene rings is 1. The summed E-state index contributed by atoms with van der Waals surface area (Å²) in [5, 5.41) is 5.08. The van der Waals surface area contributed by atoms with Crippen molar-refractivity contribution in [2.45, 2.75) is 26.8 Å². The lowest BCUT2D eigenvalue weighted by molar-refractivity contribution is 0.0938. The first-order valence-corrected chi connectivity index (χ1v) is 9.87. The number of nitrogens with zero attached hydrogens (tertiary/aromatic N) is 1. The van der Waals surface area contributed by atoms with Crippen molar-refractivity contribution in [3.05, 3.63) is 64.2 Å². The van der Waals surface area contributed by atoms with Crippen LogP contribution in [0.3, 0.4) is 0 Å². The molecule has 0 bridgehead atoms. The zero-order chi connectivity index (χ0) is 20.3. The highest BCUT2D eigenvalue weighted by atomic mass is 32.1. The number of pyridine rings is 1. The predicted molar refractivity (Wildman–Crippen MR) is 112 cm³/mol. The van der Waals surface area contributed by atoms with Gasteiger partial charge >= 0.3 is 0 Å². The summed E-state index contributed by atoms with van der Waals surface area (Å²) < 4.78 is 10.7. The van der Waals surface area contributed by atoms with Gasteiger partial charge < -0.3 is 14.8 Å². The molecule has 5 nitrogen and oxygen atoms in total. The number of amides is 1. The van der Waals surface area contributed by atoms with Crippen LogP contribution in [0.2, 0.25) is 0 Å². The van der Waals surface area contributed by atoms with Crippen molar-refractivity contribution in [1.82, 2.24) is 10.3 Å². The Balaban J connectivity index is 1.81. The lowest BCUT2D eigenvalue weighted by Crippen LogP contribution is -2.28. The number of hydrogen-bond donors (Lipinski definition) is 1. The molecule has 0 saturated heterocycles. The van der Waals surface area contributed by atoms with Crippen LogP contribution in [-0.4, -0.2) is 25.1 Å². The highest BCUT2D eigenvalue weighted by Crippen LogP contribution is 2.33. The first kappa shape index (κ1) is 19.9. The third-order valence-corrected chi connectivity index (χ3v) is 5.58. The van der Waals surface area contributed by atoms with E-state index in [1.54, 1.807) is 25.6 Å². The first-order chi connectivity index (χ1) is 13.4. The number of ether oxygens (including phenoxy) is 2. The maximum Gasteiger partial charge on any atom is 0.253 e. The zero-order valence-electron chi connectivity index (χ0n) is 16.7. The Morgan fingerprint density at radius 3 is 2.43 bits per heavy atom. The molecular formula is C22H24N2O3S. The lowest BCUT2D eigenvalue weighted by Gasteiger charge is -2.19. The van der Waals surface area contributed by atoms with Crippen LogP contribution in [0.4, 0.5) is 0 Å². The third-order valence-electron chi connectivity index (χ3n) is 4.69. The van der Waals surface area contributed by atoms with E-state index in [4.69, 9.17) is 9.47 Å². The summed E-state index contributed by atoms with van der Waals surface area (Å²) in [4.78, 5) is 18.5. The van der Waals surface area contributed by atoms with Crippen molar-refractivity contribution in [3.8, 4) is 22.1 Å². The van der Waals surface area contributed by atoms with Gasteiger partial charge in [-0.3, -0.25) is 9.78 Å². The van der Waals surface area contributed by atoms with Gasteiger partial charge in [0.1, 0.15) is 0 Å². The largest absolute Gasteiger partial charge is 0.493 e. The highest BCUT2D eigenvalue weighted by Gasteiger charge is 2.18. The smallest absolute Gasteiger partial charge is 0.253 e. The van der Waals surface area contributed by atoms with E-state index < -0.39 is 0 Å². The maximum atomic E-state index is 12.8. The van der Waals surface area contributed by atoms with E-state index in [0.717, 1.165) is 21.7 Å². The molecule has 3 aromatic rings. The fourth-order valence-electron chi connectivity index (χ4n) is 3.18. The number of hydrogen-bond acceptors (Lipinski definition) is 5. The lowest BCUT2D eigenvalue weighted by atomic mass is 10.0. The summed E-state index contributed by atoms with van der Waals surface area (Å²) >= 11 is 1.63. The Labute approximate surface area is 169 Å². The van der Waals surface area contributed by atoms with E-state index in [2.05, 4.69) is 10.3 Å². The van der Waals surface area contributed by atoms with Gasteiger partial charge in [-0.2, -0.15) is 0 Å². The minimum atomic E-state index is -0.191. The van der Waals surface area contributed by atoms with E-state index in [9.17, 15) is 4.79 Å². The Morgan fingerprint density at radius 2 is 1.82 bits per heavy atom. The van der Waals surface area contributed by atoms with Crippen LogP contribution in [-0.2, 0) is 0 Å². The molecule has 0 aliphatic heterocycles. The number of methoxy groups -OCH3 is 2. The third kappa shape index (κ3) is 4.02. The topological polar surface area (TPSA) is 60.5 Å². The van der Waals surface area contributed by atoms with E-state index in [-0.39, 0.29) is 11.9 Å². The van der Waals surface area contributed by atoms with Gasteiger partial charge in [-0.15, -0.1) is 11.3 Å². The van der Waals surface area contributed by atoms with Gasteiger partial charge in [0.05, 0.1) is 42.1 Å². The molecule has 1 unspecified atom stereocenters. The van der Waals surface area contributed by atoms with Crippen LogP contribution >= 0.6 is 11.3 Å². The van der Waals surface area contributed by atoms with Gasteiger partial charge in [0.2, 0.25) is 0 Å². The van der Waals surface area contributed by atoms with Crippen LogP contribution < -0.4 is 14.8 Å². The van der Waals surface area contributed by atoms with Crippen molar-refractivity contribution in [3.63, 3.8) is 0 Å². The van der Waals surface area contributed by atoms with Gasteiger partial charge in [0.25, 0.3) is 5.91 Å². The molecule has 6 heteroatoms. The zero-order valence-corrected chi connectivity index (χ0v) is 17.5. The number of aromatic nitrogens is 1. The fourth-order valence-corrected chi connectivity index (χ4v) is 3.87. The second kappa shape index (κ2) is 8.44. The van der Waals surface area contributed by atoms with Gasteiger partial charge in [0.15, 0.2) is 11.5 Å². The molecule has 0 spiro atoms. The molecule has 0 saturated carbocycles. The minimum absolute atomic E-state index is 0.149. The molecular weight excluding hydrogens is 372 g/mol. The van der Waals surface area contributed by atoms with Crippen molar-refractivity contribution in [2.75, 3.05) is 14.2 Å². The molecule has 0 aliphatic rings. The molecule has 3 rings (SSSR count). The summed E-state index contributed by atoms with van der Waals surface area (Å²) in [6.45, 7) is 5.80. The number of carbonyl (C=O) groups is 1. The van der Waals surface area contributed by atoms with Gasteiger partial charge in [-0.05, 0) is 67.6 Å². The minimum Gasteiger partial charge on any atom is -0.493 e. The quantitative estimate of drug-likeness (QED) is 0.641. The fraction of sp³-hybridized carbons (Fsp3) is 0.273. The highest BCUT2D eigenvalue weighted by molar-refractivity contribution is 7.13. The second-order valence-electron chi connectivity index (χ2n) is 6.57. The number of carbonyl (C=O) groups excluding carboxylic acids is 1. The van der Waals surface area contributed by atoms with Gasteiger partial charge in [-0.25, -0.2) is 0 Å². The number of thiophene rings is 1. The van der Waals surface area contributed by atoms with E-state index >= 15 is 0 Å². The van der Waals surface area contributed by atoms with Gasteiger partial charge in [0, 0.05) is 0 Å². The summed E-state index contributed by atoms with van der Waals surface area (Å²) in [5.74, 6) is 1.17. The van der Waals surface area contributed by atoms with E-state index in [0.29, 0.717) is 22.8 Å². The molecule has 0 aliphatic carbocycles. The van der Waals surface area contributed by atoms with Crippen molar-refractivity contribution in [2.24, 2.45) is 0 Å². The molecule has 2 heterocycles. The van der Waals surface area contributed by atoms with Crippen LogP contribution in [0.1, 0.15) is 40.1 Å². The summed E-state index contributed by atoms with van der Waals surface area (Å²) in [6.07, 6.45) is 0. The SMILES string of the molecule is COc1cc(C)c(C(C)NC(=O)c2ccc(-c3cccs3)nc2C)cc1OC. The Bertz CT molecular complexity index is 984. The molecule has 146 valence electrons. The predicted octanol–water partition coefficient (Wildman–Crippen LogP) is 4.94. The van der Waals surface area contributed by atoms with Crippen molar-refractivity contribution >= 4 is 17.2 Å². The number of rotatable bonds is 6. The molecule has 1 atom stereocenters. The molecule has 1 amide bonds. The Kier molecular flexibility index (Phi) is 5.99. The molecule has 1 aromatic carbocycles. The molecule has 28 heavy (non-hydrogen) atoms. The van der Waals surface area contributed by atoms with E-state index in [1.807, 2.05) is 62.5 Å². The number of nitrogens with one attached hydrogen (secondary N) is 1. The van der Waals surface area contributed by atoms with E-state index in [1.165, 1.54) is 0 Å². The average Bonchev–Trinajstić information content (AvgIpc) is 3.22. The first-order valence-electron chi connectivity index (χ1n) is 8.99. The maximum absolute atomic E-state index is 12.8. The van der Waals surface area contributed by atoms with Crippen molar-refractivity contribution < 1.29 is 14.3 Å². The second-order valence-corrected chi connectivity index (χ2v) is 7.51. The molecule has 0 fully saturated rings. The standard InChI is InChI=1S/C22H24N2O3S/c1-13-11-19(26-4)20(27-5)12-17(13)15(3)24-22(25)16-8-9-18(23-14(16)2)21-7-6-10-28-21/h6-12,15H,1-5H3,(H,24,25). The summed E-state index contributed by atoms with van der Waals surface area (Å²) in [5.41, 5.74) is 4.16. The average molecular weight is 397 g/mol. The van der Waals surface area contributed by atoms with Crippen LogP contribution in [0, 0.1) is 13.8 Å². The summed E-state index contributed by atoms with van der Waals surface area (Å²) in [6, 6.07) is 11.4. The number of aryl methyl sites for hydroxylation is 2. The van der Waals surface area contributed by atoms with Crippen LogP contribution in [0.15, 0.2) is 41.8 Å². The molecule has 1 N–H and O–H groups in total. The molecule has 0 radical (unpaired) electrons. The van der Waals surface area contributed by atoms with Crippen LogP contribution in [0.25, 0.3) is 10.6 Å². The molecule has 2 aromatic heterocycles. The van der Waals surface area contributed by atoms with Crippen molar-refractivity contribution in [1.29, 1.82) is 0 Å². The normalized spacial score (nSPS) is 11.8. The Hall–Kier alpha value is -2.86. The van der Waals surface area contributed by atoms with Gasteiger partial charge in [-0.1, -0.05) is 6.07 Å². The monoisotopic (exact) mass is 396 g/mol. The van der Waals surface area contributed by atoms with Crippen LogP contribution in [0.5, 0.6) is 11.5 Å².